The molecule has 0 spiro atoms. The van der Waals surface area contributed by atoms with Crippen LogP contribution in [0.25, 0.3) is 55.6 Å². The molecule has 0 atom stereocenters. The van der Waals surface area contributed by atoms with Crippen LogP contribution in [0.4, 0.5) is 0 Å². The lowest BCUT2D eigenvalue weighted by Gasteiger charge is -2.09. The van der Waals surface area contributed by atoms with Gasteiger partial charge < -0.3 is 9.47 Å². The van der Waals surface area contributed by atoms with E-state index in [9.17, 15) is 0 Å². The third-order valence-corrected chi connectivity index (χ3v) is 11.2. The van der Waals surface area contributed by atoms with Crippen molar-refractivity contribution < 1.29 is 9.47 Å². The molecule has 0 aromatic heterocycles. The lowest BCUT2D eigenvalue weighted by Crippen LogP contribution is -1.97. The number of unbranched alkanes of at least 4 members (excludes halogenated alkanes) is 10. The molecule has 7 rings (SSSR count). The summed E-state index contributed by atoms with van der Waals surface area (Å²) in [6.07, 6.45) is 16.3. The van der Waals surface area contributed by atoms with Crippen LogP contribution in [0.5, 0.6) is 11.5 Å². The third kappa shape index (κ3) is 10.2. The SMILES string of the molecule is CCCCCCCCOc1ccc(-c2ccc(-c3ccc4c(c3)Cc3cc(-c5ccc(-c6ccc(OCCCCCCCC)cc6)cc5)ccc3-4)cc2)cc1. The second-order valence-corrected chi connectivity index (χ2v) is 15.4. The van der Waals surface area contributed by atoms with Crippen molar-refractivity contribution in [3.8, 4) is 67.1 Å². The molecule has 0 radical (unpaired) electrons. The molecule has 1 aliphatic rings. The Balaban J connectivity index is 0.923. The van der Waals surface area contributed by atoms with Crippen LogP contribution in [0.2, 0.25) is 0 Å². The van der Waals surface area contributed by atoms with Gasteiger partial charge in [-0.25, -0.2) is 0 Å². The van der Waals surface area contributed by atoms with Gasteiger partial charge in [-0.2, -0.15) is 0 Å². The Morgan fingerprint density at radius 2 is 0.618 bits per heavy atom. The van der Waals surface area contributed by atoms with Crippen molar-refractivity contribution >= 4 is 0 Å². The first-order chi connectivity index (χ1) is 27.2. The molecule has 6 aromatic rings. The summed E-state index contributed by atoms with van der Waals surface area (Å²) in [6, 6.07) is 49.0. The molecule has 0 bridgehead atoms. The van der Waals surface area contributed by atoms with Crippen LogP contribution in [0.3, 0.4) is 0 Å². The Bertz CT molecular complexity index is 1920. The van der Waals surface area contributed by atoms with Crippen molar-refractivity contribution in [1.29, 1.82) is 0 Å². The van der Waals surface area contributed by atoms with Crippen molar-refractivity contribution in [3.63, 3.8) is 0 Å². The summed E-state index contributed by atoms with van der Waals surface area (Å²) in [5.41, 5.74) is 15.4. The Morgan fingerprint density at radius 1 is 0.327 bits per heavy atom. The zero-order valence-corrected chi connectivity index (χ0v) is 33.1. The number of hydrogen-bond acceptors (Lipinski definition) is 2. The highest BCUT2D eigenvalue weighted by atomic mass is 16.5. The Labute approximate surface area is 330 Å². The number of rotatable bonds is 20. The van der Waals surface area contributed by atoms with Crippen LogP contribution in [0, 0.1) is 0 Å². The summed E-state index contributed by atoms with van der Waals surface area (Å²) in [5.74, 6) is 1.92. The zero-order valence-electron chi connectivity index (χ0n) is 33.1. The highest BCUT2D eigenvalue weighted by molar-refractivity contribution is 5.83. The van der Waals surface area contributed by atoms with E-state index in [2.05, 4.69) is 147 Å². The van der Waals surface area contributed by atoms with Gasteiger partial charge in [0.05, 0.1) is 13.2 Å². The minimum atomic E-state index is 0.799. The predicted octanol–water partition coefficient (Wildman–Crippen LogP) is 15.4. The van der Waals surface area contributed by atoms with E-state index in [0.717, 1.165) is 44.0 Å². The smallest absolute Gasteiger partial charge is 0.119 e. The van der Waals surface area contributed by atoms with Crippen LogP contribution in [0.1, 0.15) is 102 Å². The number of hydrogen-bond donors (Lipinski definition) is 0. The van der Waals surface area contributed by atoms with Gasteiger partial charge in [0.15, 0.2) is 0 Å². The van der Waals surface area contributed by atoms with Crippen LogP contribution >= 0.6 is 0 Å². The van der Waals surface area contributed by atoms with Gasteiger partial charge in [0.25, 0.3) is 0 Å². The summed E-state index contributed by atoms with van der Waals surface area (Å²) >= 11 is 0. The van der Waals surface area contributed by atoms with Gasteiger partial charge in [0, 0.05) is 0 Å². The number of benzene rings is 6. The topological polar surface area (TPSA) is 18.5 Å². The molecule has 6 aromatic carbocycles. The molecule has 0 aliphatic heterocycles. The average molecular weight is 727 g/mol. The molecule has 0 unspecified atom stereocenters. The fourth-order valence-corrected chi connectivity index (χ4v) is 7.91. The first-order valence-electron chi connectivity index (χ1n) is 21.1. The maximum absolute atomic E-state index is 6.01. The maximum Gasteiger partial charge on any atom is 0.119 e. The van der Waals surface area contributed by atoms with E-state index in [1.54, 1.807) is 0 Å². The van der Waals surface area contributed by atoms with Crippen LogP contribution < -0.4 is 9.47 Å². The maximum atomic E-state index is 6.01. The van der Waals surface area contributed by atoms with Crippen LogP contribution in [-0.2, 0) is 6.42 Å². The summed E-state index contributed by atoms with van der Waals surface area (Å²) in [5, 5.41) is 0. The molecule has 0 saturated heterocycles. The van der Waals surface area contributed by atoms with E-state index in [-0.39, 0.29) is 0 Å². The van der Waals surface area contributed by atoms with E-state index in [1.807, 2.05) is 0 Å². The molecule has 0 saturated carbocycles. The Morgan fingerprint density at radius 3 is 0.982 bits per heavy atom. The zero-order chi connectivity index (χ0) is 37.7. The van der Waals surface area contributed by atoms with E-state index < -0.39 is 0 Å². The predicted molar refractivity (Wildman–Crippen MR) is 234 cm³/mol. The summed E-state index contributed by atoms with van der Waals surface area (Å²) < 4.78 is 12.0. The standard InChI is InChI=1S/C53H58O2/c1-3-5-7-9-11-13-35-54-50-29-23-42(24-30-50)40-15-19-44(20-16-40)46-27-33-52-48(37-46)39-49-38-47(28-34-53(49)52)45-21-17-41(18-22-45)43-25-31-51(32-26-43)55-36-14-12-10-8-6-4-2/h15-34,37-38H,3-14,35-36,39H2,1-2H3. The number of ether oxygens (including phenoxy) is 2. The molecular weight excluding hydrogens is 669 g/mol. The quantitative estimate of drug-likeness (QED) is 0.0728. The van der Waals surface area contributed by atoms with Crippen molar-refractivity contribution in [2.24, 2.45) is 0 Å². The van der Waals surface area contributed by atoms with Gasteiger partial charge in [-0.15, -0.1) is 0 Å². The molecule has 2 nitrogen and oxygen atoms in total. The normalized spacial score (nSPS) is 11.7. The molecule has 1 aliphatic carbocycles. The Kier molecular flexibility index (Phi) is 13.5. The van der Waals surface area contributed by atoms with Gasteiger partial charge in [-0.1, -0.05) is 187 Å². The first kappa shape index (κ1) is 38.2. The highest BCUT2D eigenvalue weighted by Crippen LogP contribution is 2.41. The molecule has 0 N–H and O–H groups in total. The van der Waals surface area contributed by atoms with E-state index >= 15 is 0 Å². The van der Waals surface area contributed by atoms with Gasteiger partial charge in [-0.05, 0) is 110 Å². The molecule has 0 amide bonds. The van der Waals surface area contributed by atoms with Gasteiger partial charge in [0.1, 0.15) is 11.5 Å². The minimum Gasteiger partial charge on any atom is -0.494 e. The van der Waals surface area contributed by atoms with Crippen molar-refractivity contribution in [2.75, 3.05) is 13.2 Å². The van der Waals surface area contributed by atoms with E-state index in [1.165, 1.54) is 131 Å². The minimum absolute atomic E-state index is 0.799. The average Bonchev–Trinajstić information content (AvgIpc) is 3.61. The molecule has 282 valence electrons. The van der Waals surface area contributed by atoms with Crippen LogP contribution in [0.15, 0.2) is 133 Å². The molecule has 55 heavy (non-hydrogen) atoms. The second kappa shape index (κ2) is 19.5. The van der Waals surface area contributed by atoms with Crippen LogP contribution in [-0.4, -0.2) is 13.2 Å². The monoisotopic (exact) mass is 726 g/mol. The Hall–Kier alpha value is -5.08. The van der Waals surface area contributed by atoms with Gasteiger partial charge in [0.2, 0.25) is 0 Å². The lowest BCUT2D eigenvalue weighted by atomic mass is 9.96. The second-order valence-electron chi connectivity index (χ2n) is 15.4. The van der Waals surface area contributed by atoms with Gasteiger partial charge >= 0.3 is 0 Å². The third-order valence-electron chi connectivity index (χ3n) is 11.2. The number of fused-ring (bicyclic) bond motifs is 3. The molecule has 2 heteroatoms. The summed E-state index contributed by atoms with van der Waals surface area (Å²) in [7, 11) is 0. The van der Waals surface area contributed by atoms with Crippen molar-refractivity contribution in [3.05, 3.63) is 145 Å². The molecule has 0 heterocycles. The van der Waals surface area contributed by atoms with Crippen molar-refractivity contribution in [2.45, 2.75) is 97.3 Å². The fourth-order valence-electron chi connectivity index (χ4n) is 7.91. The molecular formula is C53H58O2. The molecule has 0 fully saturated rings. The largest absolute Gasteiger partial charge is 0.494 e. The summed E-state index contributed by atoms with van der Waals surface area (Å²) in [4.78, 5) is 0. The van der Waals surface area contributed by atoms with E-state index in [4.69, 9.17) is 9.47 Å². The highest BCUT2D eigenvalue weighted by Gasteiger charge is 2.20. The fraction of sp³-hybridized carbons (Fsp3) is 0.321. The lowest BCUT2D eigenvalue weighted by molar-refractivity contribution is 0.304. The van der Waals surface area contributed by atoms with Gasteiger partial charge in [-0.3, -0.25) is 0 Å². The summed E-state index contributed by atoms with van der Waals surface area (Å²) in [6.45, 7) is 6.12. The van der Waals surface area contributed by atoms with Crippen molar-refractivity contribution in [1.82, 2.24) is 0 Å². The van der Waals surface area contributed by atoms with E-state index in [0.29, 0.717) is 0 Å². The first-order valence-corrected chi connectivity index (χ1v) is 21.1.